The number of alkyl halides is 1. The van der Waals surface area contributed by atoms with Crippen molar-refractivity contribution in [3.05, 3.63) is 83.4 Å². The topological polar surface area (TPSA) is 139 Å². The lowest BCUT2D eigenvalue weighted by Gasteiger charge is -2.42. The summed E-state index contributed by atoms with van der Waals surface area (Å²) in [6.07, 6.45) is 7.86. The van der Waals surface area contributed by atoms with Crippen LogP contribution in [0, 0.1) is 0 Å². The summed E-state index contributed by atoms with van der Waals surface area (Å²) in [5.74, 6) is -0.292. The SMILES string of the molecule is COC(=O)Nc1ccc2c(c1)N[C@@H](N1CC(F)C1)CCCC[C@H](NC(=O)/C=C/c1cc(Cl)ccc1-n1cnnn1)c1cc-2ccn1. The van der Waals surface area contributed by atoms with Crippen molar-refractivity contribution in [3.8, 4) is 16.8 Å². The average molecular weight is 646 g/mol. The number of anilines is 2. The molecule has 0 aliphatic carbocycles. The van der Waals surface area contributed by atoms with E-state index >= 15 is 0 Å². The van der Waals surface area contributed by atoms with Gasteiger partial charge in [0.1, 0.15) is 12.5 Å². The van der Waals surface area contributed by atoms with E-state index in [0.29, 0.717) is 41.5 Å². The Bertz CT molecular complexity index is 1730. The predicted octanol–water partition coefficient (Wildman–Crippen LogP) is 5.39. The molecule has 2 atom stereocenters. The number of nitrogens with one attached hydrogen (secondary N) is 3. The van der Waals surface area contributed by atoms with Crippen LogP contribution in [-0.2, 0) is 9.53 Å². The number of pyridine rings is 1. The van der Waals surface area contributed by atoms with E-state index in [1.54, 1.807) is 36.5 Å². The van der Waals surface area contributed by atoms with Crippen molar-refractivity contribution in [2.24, 2.45) is 0 Å². The molecule has 6 rings (SSSR count). The first-order valence-corrected chi connectivity index (χ1v) is 15.4. The van der Waals surface area contributed by atoms with Crippen molar-refractivity contribution in [2.45, 2.75) is 44.1 Å². The van der Waals surface area contributed by atoms with Gasteiger partial charge in [0, 0.05) is 52.9 Å². The molecule has 2 amide bonds. The molecule has 0 unspecified atom stereocenters. The second-order valence-corrected chi connectivity index (χ2v) is 11.6. The molecule has 2 aromatic carbocycles. The molecule has 14 heteroatoms. The molecule has 2 aliphatic heterocycles. The minimum absolute atomic E-state index is 0.108. The first-order chi connectivity index (χ1) is 22.4. The van der Waals surface area contributed by atoms with Gasteiger partial charge < -0.3 is 15.4 Å². The van der Waals surface area contributed by atoms with Gasteiger partial charge in [-0.05, 0) is 83.8 Å². The summed E-state index contributed by atoms with van der Waals surface area (Å²) < 4.78 is 20.2. The van der Waals surface area contributed by atoms with E-state index < -0.39 is 12.3 Å². The van der Waals surface area contributed by atoms with Crippen molar-refractivity contribution in [3.63, 3.8) is 0 Å². The molecule has 4 aromatic rings. The lowest BCUT2D eigenvalue weighted by Crippen LogP contribution is -2.56. The zero-order chi connectivity index (χ0) is 32.0. The Kier molecular flexibility index (Phi) is 9.50. The Labute approximate surface area is 270 Å². The maximum absolute atomic E-state index is 13.9. The van der Waals surface area contributed by atoms with Crippen LogP contribution in [0.15, 0.2) is 67.1 Å². The highest BCUT2D eigenvalue weighted by molar-refractivity contribution is 6.30. The molecule has 238 valence electrons. The molecular formula is C32H33ClFN9O3. The monoisotopic (exact) mass is 645 g/mol. The number of halogens is 2. The maximum Gasteiger partial charge on any atom is 0.411 e. The number of methoxy groups -OCH3 is 1. The van der Waals surface area contributed by atoms with E-state index in [2.05, 4.69) is 41.4 Å². The number of rotatable bonds is 6. The highest BCUT2D eigenvalue weighted by Gasteiger charge is 2.32. The number of tetrazole rings is 1. The van der Waals surface area contributed by atoms with Crippen LogP contribution < -0.4 is 16.0 Å². The van der Waals surface area contributed by atoms with Gasteiger partial charge in [-0.1, -0.05) is 24.1 Å². The number of amides is 2. The van der Waals surface area contributed by atoms with Crippen molar-refractivity contribution < 1.29 is 18.7 Å². The summed E-state index contributed by atoms with van der Waals surface area (Å²) >= 11 is 6.24. The molecule has 0 spiro atoms. The molecule has 1 fully saturated rings. The molecular weight excluding hydrogens is 613 g/mol. The lowest BCUT2D eigenvalue weighted by atomic mass is 9.97. The molecule has 0 saturated carbocycles. The second-order valence-electron chi connectivity index (χ2n) is 11.2. The van der Waals surface area contributed by atoms with Crippen LogP contribution in [0.5, 0.6) is 0 Å². The first kappa shape index (κ1) is 31.1. The Morgan fingerprint density at radius 2 is 1.96 bits per heavy atom. The number of nitrogens with zero attached hydrogens (tertiary/aromatic N) is 6. The van der Waals surface area contributed by atoms with Crippen LogP contribution >= 0.6 is 11.6 Å². The number of carbonyl (C=O) groups excluding carboxylic acids is 2. The number of aromatic nitrogens is 5. The van der Waals surface area contributed by atoms with Gasteiger partial charge in [-0.2, -0.15) is 4.68 Å². The quantitative estimate of drug-likeness (QED) is 0.236. The van der Waals surface area contributed by atoms with Gasteiger partial charge in [-0.15, -0.1) is 5.10 Å². The highest BCUT2D eigenvalue weighted by atomic mass is 35.5. The van der Waals surface area contributed by atoms with E-state index in [9.17, 15) is 14.0 Å². The van der Waals surface area contributed by atoms with Crippen LogP contribution in [0.4, 0.5) is 20.6 Å². The molecule has 12 nitrogen and oxygen atoms in total. The van der Waals surface area contributed by atoms with E-state index in [1.165, 1.54) is 24.2 Å². The van der Waals surface area contributed by atoms with Crippen LogP contribution in [0.2, 0.25) is 5.02 Å². The zero-order valence-electron chi connectivity index (χ0n) is 25.1. The Balaban J connectivity index is 1.28. The summed E-state index contributed by atoms with van der Waals surface area (Å²) in [4.78, 5) is 32.0. The Morgan fingerprint density at radius 3 is 2.74 bits per heavy atom. The zero-order valence-corrected chi connectivity index (χ0v) is 25.8. The fourth-order valence-electron chi connectivity index (χ4n) is 5.71. The average Bonchev–Trinajstić information content (AvgIpc) is 3.58. The minimum Gasteiger partial charge on any atom is -0.453 e. The van der Waals surface area contributed by atoms with Gasteiger partial charge in [0.05, 0.1) is 30.7 Å². The van der Waals surface area contributed by atoms with Gasteiger partial charge in [0.25, 0.3) is 0 Å². The van der Waals surface area contributed by atoms with Crippen molar-refractivity contribution in [1.29, 1.82) is 0 Å². The largest absolute Gasteiger partial charge is 0.453 e. The Hall–Kier alpha value is -4.88. The summed E-state index contributed by atoms with van der Waals surface area (Å²) in [6.45, 7) is 0.721. The third-order valence-electron chi connectivity index (χ3n) is 8.07. The summed E-state index contributed by atoms with van der Waals surface area (Å²) in [7, 11) is 1.31. The third-order valence-corrected chi connectivity index (χ3v) is 8.30. The van der Waals surface area contributed by atoms with Crippen LogP contribution in [0.3, 0.4) is 0 Å². The predicted molar refractivity (Wildman–Crippen MR) is 172 cm³/mol. The van der Waals surface area contributed by atoms with E-state index in [0.717, 1.165) is 41.8 Å². The third kappa shape index (κ3) is 7.32. The molecule has 0 radical (unpaired) electrons. The number of hydrogen-bond acceptors (Lipinski definition) is 9. The number of carbonyl (C=O) groups is 2. The van der Waals surface area contributed by atoms with Crippen LogP contribution in [0.25, 0.3) is 22.9 Å². The molecule has 2 aliphatic rings. The highest BCUT2D eigenvalue weighted by Crippen LogP contribution is 2.35. The number of ether oxygens (including phenoxy) is 1. The molecule has 1 saturated heterocycles. The molecule has 3 N–H and O–H groups in total. The van der Waals surface area contributed by atoms with Gasteiger partial charge in [-0.3, -0.25) is 20.0 Å². The Morgan fingerprint density at radius 1 is 1.11 bits per heavy atom. The molecule has 2 aromatic heterocycles. The van der Waals surface area contributed by atoms with Gasteiger partial charge >= 0.3 is 6.09 Å². The molecule has 4 heterocycles. The summed E-state index contributed by atoms with van der Waals surface area (Å²) in [5.41, 5.74) is 5.16. The molecule has 46 heavy (non-hydrogen) atoms. The molecule has 2 bridgehead atoms. The maximum atomic E-state index is 13.9. The van der Waals surface area contributed by atoms with Gasteiger partial charge in [0.15, 0.2) is 0 Å². The fourth-order valence-corrected chi connectivity index (χ4v) is 5.89. The fraction of sp³-hybridized carbons (Fsp3) is 0.312. The van der Waals surface area contributed by atoms with Gasteiger partial charge in [-0.25, -0.2) is 9.18 Å². The summed E-state index contributed by atoms with van der Waals surface area (Å²) in [6, 6.07) is 14.3. The van der Waals surface area contributed by atoms with E-state index in [-0.39, 0.29) is 18.1 Å². The van der Waals surface area contributed by atoms with E-state index in [1.807, 2.05) is 24.3 Å². The van der Waals surface area contributed by atoms with E-state index in [4.69, 9.17) is 16.3 Å². The smallest absolute Gasteiger partial charge is 0.411 e. The lowest BCUT2D eigenvalue weighted by molar-refractivity contribution is -0.117. The van der Waals surface area contributed by atoms with Crippen molar-refractivity contribution in [2.75, 3.05) is 30.8 Å². The van der Waals surface area contributed by atoms with Crippen LogP contribution in [0.1, 0.15) is 43.0 Å². The number of hydrogen-bond donors (Lipinski definition) is 3. The standard InChI is InChI=1S/C32H33ClFN9O3/c1-46-32(45)37-24-8-9-25-20-12-13-35-28(15-20)26(4-2-3-5-30(38-27(25)16-24)42-17-23(34)18-42)39-31(44)11-6-21-14-22(33)7-10-29(21)43-19-36-40-41-43/h6-16,19,23,26,30,38H,2-5,17-18H2,1H3,(H,37,45)(H,39,44)/b11-6+/t26-,30-/m0/s1. The number of fused-ring (bicyclic) bond motifs is 4. The van der Waals surface area contributed by atoms with Gasteiger partial charge in [0.2, 0.25) is 5.91 Å². The number of likely N-dealkylation sites (tertiary alicyclic amines) is 1. The minimum atomic E-state index is -0.846. The van der Waals surface area contributed by atoms with Crippen LogP contribution in [-0.4, -0.2) is 74.6 Å². The van der Waals surface area contributed by atoms with Crippen molar-refractivity contribution in [1.82, 2.24) is 35.4 Å². The normalized spacial score (nSPS) is 18.8. The number of benzene rings is 2. The first-order valence-electron chi connectivity index (χ1n) is 15.0. The second kappa shape index (κ2) is 14.0. The van der Waals surface area contributed by atoms with Crippen molar-refractivity contribution >= 4 is 41.1 Å². The summed E-state index contributed by atoms with van der Waals surface area (Å²) in [5, 5.41) is 21.3.